The van der Waals surface area contributed by atoms with E-state index in [0.717, 1.165) is 41.5 Å². The van der Waals surface area contributed by atoms with Crippen LogP contribution in [0.4, 0.5) is 0 Å². The summed E-state index contributed by atoms with van der Waals surface area (Å²) in [6.07, 6.45) is 8.32. The van der Waals surface area contributed by atoms with Crippen molar-refractivity contribution < 1.29 is 4.79 Å². The summed E-state index contributed by atoms with van der Waals surface area (Å²) >= 11 is 0. The minimum Gasteiger partial charge on any atom is -0.352 e. The molecule has 1 aromatic carbocycles. The van der Waals surface area contributed by atoms with Gasteiger partial charge in [-0.15, -0.1) is 0 Å². The Hall–Kier alpha value is -2.69. The topological polar surface area (TPSA) is 59.8 Å². The van der Waals surface area contributed by atoms with Crippen molar-refractivity contribution in [3.63, 3.8) is 0 Å². The Morgan fingerprint density at radius 3 is 2.77 bits per heavy atom. The van der Waals surface area contributed by atoms with Gasteiger partial charge < -0.3 is 5.32 Å². The Labute approximate surface area is 154 Å². The van der Waals surface area contributed by atoms with Crippen LogP contribution in [0.1, 0.15) is 49.9 Å². The molecule has 0 spiro atoms. The molecule has 5 heteroatoms. The van der Waals surface area contributed by atoms with E-state index < -0.39 is 0 Å². The van der Waals surface area contributed by atoms with Gasteiger partial charge in [0.2, 0.25) is 0 Å². The standard InChI is InChI=1S/C21H26N4O/c1-3-5-6-9-12-22-21(26)18-13-20(16-14-23-25(4-2)15-16)24-19-11-8-7-10-17(18)19/h7-8,10-11,13-15H,3-6,9,12H2,1-2H3,(H,22,26). The summed E-state index contributed by atoms with van der Waals surface area (Å²) in [4.78, 5) is 17.5. The molecule has 0 saturated carbocycles. The second kappa shape index (κ2) is 8.61. The Balaban J connectivity index is 1.88. The van der Waals surface area contributed by atoms with Crippen LogP contribution in [-0.4, -0.2) is 27.2 Å². The monoisotopic (exact) mass is 350 g/mol. The number of carbonyl (C=O) groups is 1. The number of para-hydroxylation sites is 1. The Morgan fingerprint density at radius 2 is 2.00 bits per heavy atom. The van der Waals surface area contributed by atoms with Crippen LogP contribution in [0.15, 0.2) is 42.7 Å². The summed E-state index contributed by atoms with van der Waals surface area (Å²) in [6.45, 7) is 5.74. The predicted molar refractivity (Wildman–Crippen MR) is 105 cm³/mol. The van der Waals surface area contributed by atoms with Crippen LogP contribution in [0.5, 0.6) is 0 Å². The van der Waals surface area contributed by atoms with Crippen molar-refractivity contribution >= 4 is 16.8 Å². The number of pyridine rings is 1. The molecule has 0 aliphatic rings. The molecule has 0 radical (unpaired) electrons. The number of rotatable bonds is 8. The van der Waals surface area contributed by atoms with Crippen molar-refractivity contribution in [2.45, 2.75) is 46.1 Å². The van der Waals surface area contributed by atoms with Gasteiger partial charge in [0.1, 0.15) is 0 Å². The third-order valence-corrected chi connectivity index (χ3v) is 4.53. The molecule has 2 aromatic heterocycles. The second-order valence-corrected chi connectivity index (χ2v) is 6.47. The quantitative estimate of drug-likeness (QED) is 0.612. The van der Waals surface area contributed by atoms with Crippen LogP contribution in [0.25, 0.3) is 22.2 Å². The van der Waals surface area contributed by atoms with Crippen LogP contribution >= 0.6 is 0 Å². The minimum atomic E-state index is -0.0377. The van der Waals surface area contributed by atoms with Gasteiger partial charge in [-0.25, -0.2) is 4.98 Å². The zero-order valence-corrected chi connectivity index (χ0v) is 15.5. The van der Waals surface area contributed by atoms with Crippen molar-refractivity contribution in [3.8, 4) is 11.3 Å². The lowest BCUT2D eigenvalue weighted by molar-refractivity contribution is 0.0954. The normalized spacial score (nSPS) is 11.0. The zero-order chi connectivity index (χ0) is 18.4. The van der Waals surface area contributed by atoms with Crippen molar-refractivity contribution in [2.75, 3.05) is 6.54 Å². The zero-order valence-electron chi connectivity index (χ0n) is 15.5. The Morgan fingerprint density at radius 1 is 1.15 bits per heavy atom. The minimum absolute atomic E-state index is 0.0377. The van der Waals surface area contributed by atoms with Gasteiger partial charge in [-0.3, -0.25) is 9.48 Å². The number of carbonyl (C=O) groups excluding carboxylic acids is 1. The number of unbranched alkanes of at least 4 members (excludes halogenated alkanes) is 3. The number of aryl methyl sites for hydroxylation is 1. The van der Waals surface area contributed by atoms with Crippen molar-refractivity contribution in [3.05, 3.63) is 48.3 Å². The first kappa shape index (κ1) is 18.1. The molecule has 0 atom stereocenters. The van der Waals surface area contributed by atoms with Gasteiger partial charge in [-0.05, 0) is 25.5 Å². The van der Waals surface area contributed by atoms with Crippen molar-refractivity contribution in [1.29, 1.82) is 0 Å². The Kier molecular flexibility index (Phi) is 6.00. The number of hydrogen-bond acceptors (Lipinski definition) is 3. The Bertz CT molecular complexity index is 885. The molecular formula is C21H26N4O. The summed E-state index contributed by atoms with van der Waals surface area (Å²) < 4.78 is 1.86. The van der Waals surface area contributed by atoms with Crippen LogP contribution in [0.2, 0.25) is 0 Å². The summed E-state index contributed by atoms with van der Waals surface area (Å²) in [5, 5.41) is 8.26. The van der Waals surface area contributed by atoms with Gasteiger partial charge in [0.05, 0.1) is 23.0 Å². The average molecular weight is 350 g/mol. The SMILES string of the molecule is CCCCCCNC(=O)c1cc(-c2cnn(CC)c2)nc2ccccc12. The molecular weight excluding hydrogens is 324 g/mol. The lowest BCUT2D eigenvalue weighted by Gasteiger charge is -2.10. The van der Waals surface area contributed by atoms with E-state index in [1.807, 2.05) is 48.1 Å². The van der Waals surface area contributed by atoms with Gasteiger partial charge in [0, 0.05) is 30.2 Å². The van der Waals surface area contributed by atoms with Gasteiger partial charge in [-0.2, -0.15) is 5.10 Å². The van der Waals surface area contributed by atoms with Gasteiger partial charge in [0.25, 0.3) is 5.91 Å². The fourth-order valence-corrected chi connectivity index (χ4v) is 3.03. The average Bonchev–Trinajstić information content (AvgIpc) is 3.16. The van der Waals surface area contributed by atoms with E-state index in [0.29, 0.717) is 12.1 Å². The maximum absolute atomic E-state index is 12.8. The molecule has 3 rings (SSSR count). The highest BCUT2D eigenvalue weighted by molar-refractivity contribution is 6.07. The largest absolute Gasteiger partial charge is 0.352 e. The van der Waals surface area contributed by atoms with E-state index >= 15 is 0 Å². The molecule has 3 aromatic rings. The smallest absolute Gasteiger partial charge is 0.252 e. The van der Waals surface area contributed by atoms with E-state index in [1.165, 1.54) is 12.8 Å². The summed E-state index contributed by atoms with van der Waals surface area (Å²) in [6, 6.07) is 9.66. The highest BCUT2D eigenvalue weighted by atomic mass is 16.1. The number of aromatic nitrogens is 3. The summed E-state index contributed by atoms with van der Waals surface area (Å²) in [5.41, 5.74) is 3.20. The molecule has 0 aliphatic heterocycles. The van der Waals surface area contributed by atoms with E-state index in [1.54, 1.807) is 6.20 Å². The van der Waals surface area contributed by atoms with Gasteiger partial charge >= 0.3 is 0 Å². The van der Waals surface area contributed by atoms with Crippen molar-refractivity contribution in [1.82, 2.24) is 20.1 Å². The first-order valence-corrected chi connectivity index (χ1v) is 9.43. The molecule has 0 fully saturated rings. The van der Waals surface area contributed by atoms with Crippen LogP contribution in [-0.2, 0) is 6.54 Å². The number of nitrogens with zero attached hydrogens (tertiary/aromatic N) is 3. The predicted octanol–water partition coefficient (Wildman–Crippen LogP) is 4.43. The molecule has 0 unspecified atom stereocenters. The lowest BCUT2D eigenvalue weighted by atomic mass is 10.0. The maximum Gasteiger partial charge on any atom is 0.252 e. The summed E-state index contributed by atoms with van der Waals surface area (Å²) in [5.74, 6) is -0.0377. The summed E-state index contributed by atoms with van der Waals surface area (Å²) in [7, 11) is 0. The number of fused-ring (bicyclic) bond motifs is 1. The molecule has 0 bridgehead atoms. The number of nitrogens with one attached hydrogen (secondary N) is 1. The second-order valence-electron chi connectivity index (χ2n) is 6.47. The lowest BCUT2D eigenvalue weighted by Crippen LogP contribution is -2.24. The molecule has 1 amide bonds. The van der Waals surface area contributed by atoms with Crippen LogP contribution < -0.4 is 5.32 Å². The fourth-order valence-electron chi connectivity index (χ4n) is 3.03. The maximum atomic E-state index is 12.8. The highest BCUT2D eigenvalue weighted by Crippen LogP contribution is 2.24. The third kappa shape index (κ3) is 4.10. The number of benzene rings is 1. The molecule has 26 heavy (non-hydrogen) atoms. The van der Waals surface area contributed by atoms with Crippen LogP contribution in [0.3, 0.4) is 0 Å². The van der Waals surface area contributed by atoms with E-state index in [-0.39, 0.29) is 5.91 Å². The highest BCUT2D eigenvalue weighted by Gasteiger charge is 2.14. The molecule has 136 valence electrons. The molecule has 0 saturated heterocycles. The number of amides is 1. The first-order chi connectivity index (χ1) is 12.7. The molecule has 1 N–H and O–H groups in total. The van der Waals surface area contributed by atoms with Gasteiger partial charge in [0.15, 0.2) is 0 Å². The van der Waals surface area contributed by atoms with E-state index in [9.17, 15) is 4.79 Å². The third-order valence-electron chi connectivity index (χ3n) is 4.53. The molecule has 5 nitrogen and oxygen atoms in total. The molecule has 2 heterocycles. The van der Waals surface area contributed by atoms with E-state index in [2.05, 4.69) is 17.3 Å². The first-order valence-electron chi connectivity index (χ1n) is 9.43. The molecule has 0 aliphatic carbocycles. The van der Waals surface area contributed by atoms with Gasteiger partial charge in [-0.1, -0.05) is 44.4 Å². The van der Waals surface area contributed by atoms with Crippen molar-refractivity contribution in [2.24, 2.45) is 0 Å². The van der Waals surface area contributed by atoms with E-state index in [4.69, 9.17) is 4.98 Å². The van der Waals surface area contributed by atoms with Crippen LogP contribution in [0, 0.1) is 0 Å². The number of hydrogen-bond donors (Lipinski definition) is 1. The fraction of sp³-hybridized carbons (Fsp3) is 0.381.